The zero-order valence-corrected chi connectivity index (χ0v) is 14.3. The third kappa shape index (κ3) is 10.3. The molecule has 6 N–H and O–H groups in total. The van der Waals surface area contributed by atoms with Crippen molar-refractivity contribution in [2.75, 3.05) is 12.3 Å². The second kappa shape index (κ2) is 11.4. The Morgan fingerprint density at radius 2 is 1.80 bits per heavy atom. The van der Waals surface area contributed by atoms with Crippen LogP contribution in [-0.2, 0) is 24.0 Å². The van der Waals surface area contributed by atoms with Crippen LogP contribution in [0.5, 0.6) is 0 Å². The molecule has 12 heteroatoms. The number of aliphatic hydroxyl groups is 1. The summed E-state index contributed by atoms with van der Waals surface area (Å²) in [6.45, 7) is 0.444. The van der Waals surface area contributed by atoms with Crippen LogP contribution < -0.4 is 26.6 Å². The minimum Gasteiger partial charge on any atom is -0.548 e. The van der Waals surface area contributed by atoms with Crippen LogP contribution in [-0.4, -0.2) is 64.5 Å². The average molecular weight is 378 g/mol. The van der Waals surface area contributed by atoms with Crippen molar-refractivity contribution >= 4 is 40.6 Å². The van der Waals surface area contributed by atoms with Crippen LogP contribution in [0.1, 0.15) is 19.8 Å². The van der Waals surface area contributed by atoms with Crippen LogP contribution >= 0.6 is 11.8 Å². The minimum absolute atomic E-state index is 0.124. The maximum absolute atomic E-state index is 11.9. The summed E-state index contributed by atoms with van der Waals surface area (Å²) >= 11 is 0.582. The van der Waals surface area contributed by atoms with Gasteiger partial charge in [-0.3, -0.25) is 14.4 Å². The second-order valence-corrected chi connectivity index (χ2v) is 6.09. The molecule has 0 saturated heterocycles. The molecule has 0 aliphatic rings. The van der Waals surface area contributed by atoms with E-state index in [1.165, 1.54) is 6.92 Å². The van der Waals surface area contributed by atoms with Gasteiger partial charge in [-0.25, -0.2) is 0 Å². The highest BCUT2D eigenvalue weighted by Crippen LogP contribution is 2.08. The van der Waals surface area contributed by atoms with Crippen LogP contribution in [0, 0.1) is 0 Å². The van der Waals surface area contributed by atoms with E-state index in [9.17, 15) is 34.2 Å². The molecule has 0 fully saturated rings. The molecule has 0 aromatic carbocycles. The molecule has 25 heavy (non-hydrogen) atoms. The molecule has 0 bridgehead atoms. The summed E-state index contributed by atoms with van der Waals surface area (Å²) in [6.07, 6.45) is -1.66. The molecule has 0 rings (SSSR count). The van der Waals surface area contributed by atoms with Gasteiger partial charge in [0, 0.05) is 18.6 Å². The molecule has 3 atom stereocenters. The second-order valence-electron chi connectivity index (χ2n) is 5.07. The van der Waals surface area contributed by atoms with Gasteiger partial charge in [0.25, 0.3) is 0 Å². The summed E-state index contributed by atoms with van der Waals surface area (Å²) in [5, 5.41) is 33.7. The number of carbonyl (C=O) groups is 5. The minimum atomic E-state index is -1.54. The molecule has 2 amide bonds. The number of carboxylic acids is 2. The van der Waals surface area contributed by atoms with Crippen molar-refractivity contribution < 1.29 is 45.0 Å². The summed E-state index contributed by atoms with van der Waals surface area (Å²) in [5.74, 6) is -4.76. The molecule has 0 heterocycles. The first-order chi connectivity index (χ1) is 11.5. The summed E-state index contributed by atoms with van der Waals surface area (Å²) in [4.78, 5) is 56.0. The van der Waals surface area contributed by atoms with Crippen molar-refractivity contribution in [1.29, 1.82) is 0 Å². The molecule has 0 radical (unpaired) electrons. The van der Waals surface area contributed by atoms with E-state index in [0.29, 0.717) is 11.8 Å². The first kappa shape index (κ1) is 22.8. The number of hydrogen-bond acceptors (Lipinski definition) is 9. The largest absolute Gasteiger partial charge is 0.548 e. The van der Waals surface area contributed by atoms with E-state index in [1.54, 1.807) is 0 Å². The molecule has 0 unspecified atom stereocenters. The highest BCUT2D eigenvalue weighted by Gasteiger charge is 2.23. The Kier molecular flexibility index (Phi) is 10.4. The predicted molar refractivity (Wildman–Crippen MR) is 80.0 cm³/mol. The fraction of sp³-hybridized carbons (Fsp3) is 0.615. The van der Waals surface area contributed by atoms with Crippen LogP contribution in [0.2, 0.25) is 0 Å². The van der Waals surface area contributed by atoms with E-state index in [2.05, 4.69) is 11.1 Å². The maximum Gasteiger partial charge on any atom is 0.243 e. The van der Waals surface area contributed by atoms with E-state index >= 15 is 0 Å². The van der Waals surface area contributed by atoms with Crippen LogP contribution in [0.4, 0.5) is 0 Å². The summed E-state index contributed by atoms with van der Waals surface area (Å²) in [7, 11) is 0. The van der Waals surface area contributed by atoms with E-state index in [-0.39, 0.29) is 18.6 Å². The van der Waals surface area contributed by atoms with Gasteiger partial charge in [-0.05, 0) is 6.92 Å². The Morgan fingerprint density at radius 3 is 2.28 bits per heavy atom. The van der Waals surface area contributed by atoms with Gasteiger partial charge >= 0.3 is 0 Å². The predicted octanol–water partition coefficient (Wildman–Crippen LogP) is -5.88. The number of nitrogens with one attached hydrogen (secondary N) is 2. The molecular weight excluding hydrogens is 358 g/mol. The Labute approximate surface area is 147 Å². The lowest BCUT2D eigenvalue weighted by atomic mass is 10.1. The standard InChI is InChI=1S/C13H21N3O8S/c1-6(17)13(24)25-5-8(11(21)15-4-10(19)20)16-9(18)3-2-7(14)12(22)23/h6-8,17H,2-5,14H2,1H3,(H,15,21)(H,16,18)(H,19,20)(H,22,23)/p-1/t6-,7+,8+/m1/s1. The van der Waals surface area contributed by atoms with Gasteiger partial charge in [0.05, 0.1) is 18.5 Å². The molecule has 0 aliphatic carbocycles. The number of aliphatic hydroxyl groups excluding tert-OH is 1. The van der Waals surface area contributed by atoms with Gasteiger partial charge in [0.15, 0.2) is 0 Å². The van der Waals surface area contributed by atoms with Gasteiger partial charge in [0.1, 0.15) is 18.2 Å². The van der Waals surface area contributed by atoms with Gasteiger partial charge in [-0.2, -0.15) is 0 Å². The molecule has 0 aromatic heterocycles. The monoisotopic (exact) mass is 378 g/mol. The lowest BCUT2D eigenvalue weighted by Gasteiger charge is -2.19. The van der Waals surface area contributed by atoms with Crippen molar-refractivity contribution in [1.82, 2.24) is 10.6 Å². The zero-order valence-electron chi connectivity index (χ0n) is 13.5. The quantitative estimate of drug-likeness (QED) is 0.270. The number of hydrogen-bond donors (Lipinski definition) is 4. The zero-order chi connectivity index (χ0) is 19.6. The fourth-order valence-corrected chi connectivity index (χ4v) is 2.25. The summed E-state index contributed by atoms with van der Waals surface area (Å²) < 4.78 is 0. The van der Waals surface area contributed by atoms with Gasteiger partial charge in [0.2, 0.25) is 16.9 Å². The van der Waals surface area contributed by atoms with Crippen LogP contribution in [0.15, 0.2) is 0 Å². The number of rotatable bonds is 11. The van der Waals surface area contributed by atoms with Crippen molar-refractivity contribution in [3.8, 4) is 0 Å². The Morgan fingerprint density at radius 1 is 1.20 bits per heavy atom. The van der Waals surface area contributed by atoms with Crippen molar-refractivity contribution in [3.63, 3.8) is 0 Å². The molecular formula is C13H20N3O8S-. The third-order valence-electron chi connectivity index (χ3n) is 2.85. The smallest absolute Gasteiger partial charge is 0.243 e. The number of amides is 2. The first-order valence-corrected chi connectivity index (χ1v) is 8.18. The normalized spacial score (nSPS) is 14.0. The summed E-state index contributed by atoms with van der Waals surface area (Å²) in [6, 6.07) is -2.37. The molecule has 0 aliphatic heterocycles. The SMILES string of the molecule is C[C@@H](O)C(=O)SC[C@H](NC(=O)CC[C@H]([NH3+])C(=O)[O-])C(=O)NCC(=O)[O-]. The third-order valence-corrected chi connectivity index (χ3v) is 3.97. The Hall–Kier alpha value is -2.18. The number of thioether (sulfide) groups is 1. The van der Waals surface area contributed by atoms with Crippen molar-refractivity contribution in [2.24, 2.45) is 0 Å². The number of carboxylic acid groups (broad SMARTS) is 2. The van der Waals surface area contributed by atoms with E-state index < -0.39 is 53.6 Å². The Balaban J connectivity index is 4.72. The molecule has 0 saturated carbocycles. The topological polar surface area (TPSA) is 203 Å². The van der Waals surface area contributed by atoms with Crippen molar-refractivity contribution in [2.45, 2.75) is 38.0 Å². The van der Waals surface area contributed by atoms with Gasteiger partial charge in [-0.1, -0.05) is 11.8 Å². The van der Waals surface area contributed by atoms with Crippen molar-refractivity contribution in [3.05, 3.63) is 0 Å². The average Bonchev–Trinajstić information content (AvgIpc) is 2.53. The van der Waals surface area contributed by atoms with E-state index in [4.69, 9.17) is 5.11 Å². The molecule has 142 valence electrons. The van der Waals surface area contributed by atoms with Gasteiger partial charge < -0.3 is 41.3 Å². The summed E-state index contributed by atoms with van der Waals surface area (Å²) in [5.41, 5.74) is 3.28. The number of aliphatic carboxylic acids is 2. The highest BCUT2D eigenvalue weighted by molar-refractivity contribution is 8.13. The Bertz CT molecular complexity index is 525. The number of quaternary nitrogens is 1. The molecule has 0 aromatic rings. The van der Waals surface area contributed by atoms with Gasteiger partial charge in [-0.15, -0.1) is 0 Å². The first-order valence-electron chi connectivity index (χ1n) is 7.20. The van der Waals surface area contributed by atoms with E-state index in [0.717, 1.165) is 0 Å². The maximum atomic E-state index is 11.9. The van der Waals surface area contributed by atoms with Crippen LogP contribution in [0.3, 0.4) is 0 Å². The van der Waals surface area contributed by atoms with E-state index in [1.807, 2.05) is 5.32 Å². The molecule has 11 nitrogen and oxygen atoms in total. The lowest BCUT2D eigenvalue weighted by Crippen LogP contribution is -2.68. The highest BCUT2D eigenvalue weighted by atomic mass is 32.2. The molecule has 0 spiro atoms. The number of carbonyl (C=O) groups excluding carboxylic acids is 5. The van der Waals surface area contributed by atoms with Crippen LogP contribution in [0.25, 0.3) is 0 Å². The lowest BCUT2D eigenvalue weighted by molar-refractivity contribution is -0.438. The fourth-order valence-electron chi connectivity index (χ4n) is 1.44.